The lowest BCUT2D eigenvalue weighted by molar-refractivity contribution is 0.0731. The van der Waals surface area contributed by atoms with E-state index in [1.54, 1.807) is 4.90 Å². The Morgan fingerprint density at radius 2 is 2.14 bits per heavy atom. The summed E-state index contributed by atoms with van der Waals surface area (Å²) in [6.07, 6.45) is -0.735. The van der Waals surface area contributed by atoms with E-state index in [9.17, 15) is 14.7 Å². The predicted octanol–water partition coefficient (Wildman–Crippen LogP) is 1.15. The lowest BCUT2D eigenvalue weighted by Gasteiger charge is -2.20. The molecule has 1 aliphatic heterocycles. The number of aliphatic hydroxyl groups is 1. The number of amides is 2. The number of aromatic nitrogens is 2. The van der Waals surface area contributed by atoms with Gasteiger partial charge >= 0.3 is 0 Å². The van der Waals surface area contributed by atoms with E-state index in [0.717, 1.165) is 11.3 Å². The minimum Gasteiger partial charge on any atom is -0.492 e. The minimum absolute atomic E-state index is 0.169. The van der Waals surface area contributed by atoms with E-state index in [0.29, 0.717) is 19.7 Å². The zero-order valence-corrected chi connectivity index (χ0v) is 16.4. The number of aliphatic hydroxyl groups excluding tert-OH is 1. The second-order valence-electron chi connectivity index (χ2n) is 6.94. The van der Waals surface area contributed by atoms with Gasteiger partial charge in [0.2, 0.25) is 0 Å². The summed E-state index contributed by atoms with van der Waals surface area (Å²) < 4.78 is 7.16. The molecule has 0 saturated carbocycles. The highest BCUT2D eigenvalue weighted by Gasteiger charge is 2.26. The first-order chi connectivity index (χ1) is 13.4. The number of nitrogens with one attached hydrogen (secondary N) is 1. The lowest BCUT2D eigenvalue weighted by atomic mass is 10.1. The molecule has 0 fully saturated rings. The van der Waals surface area contributed by atoms with Crippen molar-refractivity contribution in [3.63, 3.8) is 0 Å². The fraction of sp³-hybridized carbons (Fsp3) is 0.450. The van der Waals surface area contributed by atoms with Crippen LogP contribution in [0.15, 0.2) is 24.3 Å². The maximum Gasteiger partial charge on any atom is 0.274 e. The summed E-state index contributed by atoms with van der Waals surface area (Å²) >= 11 is 0. The van der Waals surface area contributed by atoms with E-state index in [1.807, 2.05) is 39.0 Å². The standard InChI is InChI=1S/C20H26N4O4/c1-4-23(7-8-28-16-6-5-13(2)14(3)9-16)20(27)17-10-18-19(26)21-11-15(25)12-24(18)22-17/h5-6,9-10,15,25H,4,7-8,11-12H2,1-3H3,(H,21,26)/t15-/m0/s1. The van der Waals surface area contributed by atoms with Crippen LogP contribution >= 0.6 is 0 Å². The van der Waals surface area contributed by atoms with Gasteiger partial charge in [-0.2, -0.15) is 5.10 Å². The van der Waals surface area contributed by atoms with Gasteiger partial charge in [-0.3, -0.25) is 14.3 Å². The second-order valence-corrected chi connectivity index (χ2v) is 6.94. The molecule has 2 heterocycles. The molecule has 2 aromatic rings. The zero-order valence-electron chi connectivity index (χ0n) is 16.4. The lowest BCUT2D eigenvalue weighted by Crippen LogP contribution is -2.35. The van der Waals surface area contributed by atoms with Crippen molar-refractivity contribution in [3.05, 3.63) is 46.8 Å². The highest BCUT2D eigenvalue weighted by atomic mass is 16.5. The summed E-state index contributed by atoms with van der Waals surface area (Å²) in [7, 11) is 0. The number of carbonyl (C=O) groups is 2. The van der Waals surface area contributed by atoms with Crippen LogP contribution in [0.1, 0.15) is 39.0 Å². The number of benzene rings is 1. The molecule has 0 spiro atoms. The molecule has 0 saturated heterocycles. The van der Waals surface area contributed by atoms with Gasteiger partial charge in [0.05, 0.1) is 19.2 Å². The minimum atomic E-state index is -0.735. The number of rotatable bonds is 6. The molecule has 150 valence electrons. The summed E-state index contributed by atoms with van der Waals surface area (Å²) in [5.74, 6) is 0.157. The van der Waals surface area contributed by atoms with E-state index in [-0.39, 0.29) is 36.3 Å². The van der Waals surface area contributed by atoms with Crippen molar-refractivity contribution in [1.29, 1.82) is 0 Å². The van der Waals surface area contributed by atoms with E-state index < -0.39 is 6.10 Å². The number of likely N-dealkylation sites (N-methyl/N-ethyl adjacent to an activating group) is 1. The molecule has 1 aromatic heterocycles. The van der Waals surface area contributed by atoms with Gasteiger partial charge in [0.1, 0.15) is 18.1 Å². The van der Waals surface area contributed by atoms with Crippen LogP contribution in [0.25, 0.3) is 0 Å². The molecule has 8 nitrogen and oxygen atoms in total. The largest absolute Gasteiger partial charge is 0.492 e. The van der Waals surface area contributed by atoms with Crippen molar-refractivity contribution in [2.45, 2.75) is 33.4 Å². The van der Waals surface area contributed by atoms with E-state index in [1.165, 1.54) is 16.3 Å². The Labute approximate surface area is 164 Å². The second kappa shape index (κ2) is 8.43. The van der Waals surface area contributed by atoms with Crippen LogP contribution in [-0.4, -0.2) is 63.9 Å². The quantitative estimate of drug-likeness (QED) is 0.776. The third kappa shape index (κ3) is 4.33. The molecule has 0 aliphatic carbocycles. The smallest absolute Gasteiger partial charge is 0.274 e. The molecule has 0 bridgehead atoms. The van der Waals surface area contributed by atoms with Crippen molar-refractivity contribution in [2.24, 2.45) is 0 Å². The van der Waals surface area contributed by atoms with Gasteiger partial charge in [0.15, 0.2) is 5.69 Å². The van der Waals surface area contributed by atoms with Crippen LogP contribution in [0.3, 0.4) is 0 Å². The monoisotopic (exact) mass is 386 g/mol. The summed E-state index contributed by atoms with van der Waals surface area (Å²) in [5.41, 5.74) is 2.82. The number of nitrogens with zero attached hydrogens (tertiary/aromatic N) is 3. The molecule has 8 heteroatoms. The third-order valence-corrected chi connectivity index (χ3v) is 4.89. The number of hydrogen-bond acceptors (Lipinski definition) is 5. The first-order valence-electron chi connectivity index (χ1n) is 9.42. The Bertz CT molecular complexity index is 877. The van der Waals surface area contributed by atoms with Crippen LogP contribution in [-0.2, 0) is 6.54 Å². The summed E-state index contributed by atoms with van der Waals surface area (Å²) in [6.45, 7) is 7.54. The van der Waals surface area contributed by atoms with Crippen LogP contribution in [0, 0.1) is 13.8 Å². The van der Waals surface area contributed by atoms with Gasteiger partial charge in [-0.25, -0.2) is 0 Å². The number of β-amino-alcohol motifs (C(OH)–C–C–N with tert-alkyl or cyclic N) is 1. The van der Waals surface area contributed by atoms with Crippen LogP contribution in [0.2, 0.25) is 0 Å². The number of aryl methyl sites for hydroxylation is 2. The highest BCUT2D eigenvalue weighted by molar-refractivity contribution is 5.98. The molecule has 28 heavy (non-hydrogen) atoms. The Morgan fingerprint density at radius 3 is 2.86 bits per heavy atom. The average Bonchev–Trinajstić information content (AvgIpc) is 3.04. The van der Waals surface area contributed by atoms with Crippen LogP contribution in [0.4, 0.5) is 0 Å². The molecule has 2 N–H and O–H groups in total. The van der Waals surface area contributed by atoms with Crippen LogP contribution in [0.5, 0.6) is 5.75 Å². The summed E-state index contributed by atoms with van der Waals surface area (Å²) in [5, 5.41) is 16.7. The number of carbonyl (C=O) groups excluding carboxylic acids is 2. The van der Waals surface area contributed by atoms with Gasteiger partial charge in [-0.05, 0) is 44.0 Å². The van der Waals surface area contributed by atoms with E-state index in [2.05, 4.69) is 10.4 Å². The molecular weight excluding hydrogens is 360 g/mol. The Morgan fingerprint density at radius 1 is 1.36 bits per heavy atom. The Kier molecular flexibility index (Phi) is 5.99. The summed E-state index contributed by atoms with van der Waals surface area (Å²) in [6, 6.07) is 7.37. The van der Waals surface area contributed by atoms with Crippen molar-refractivity contribution in [1.82, 2.24) is 20.0 Å². The van der Waals surface area contributed by atoms with Crippen molar-refractivity contribution in [3.8, 4) is 5.75 Å². The molecular formula is C20H26N4O4. The molecule has 0 unspecified atom stereocenters. The van der Waals surface area contributed by atoms with E-state index in [4.69, 9.17) is 4.74 Å². The topological polar surface area (TPSA) is 96.7 Å². The van der Waals surface area contributed by atoms with Gasteiger partial charge in [-0.1, -0.05) is 6.07 Å². The molecule has 2 amide bonds. The molecule has 3 rings (SSSR count). The van der Waals surface area contributed by atoms with Crippen molar-refractivity contribution in [2.75, 3.05) is 26.2 Å². The number of fused-ring (bicyclic) bond motifs is 1. The molecule has 1 aromatic carbocycles. The Hall–Kier alpha value is -2.87. The maximum atomic E-state index is 12.8. The number of hydrogen-bond donors (Lipinski definition) is 2. The fourth-order valence-electron chi connectivity index (χ4n) is 3.05. The first-order valence-corrected chi connectivity index (χ1v) is 9.42. The van der Waals surface area contributed by atoms with E-state index >= 15 is 0 Å². The molecule has 1 atom stereocenters. The first kappa shape index (κ1) is 19.9. The van der Waals surface area contributed by atoms with Crippen molar-refractivity contribution >= 4 is 11.8 Å². The molecule has 1 aliphatic rings. The highest BCUT2D eigenvalue weighted by Crippen LogP contribution is 2.16. The normalized spacial score (nSPS) is 16.1. The third-order valence-electron chi connectivity index (χ3n) is 4.89. The summed E-state index contributed by atoms with van der Waals surface area (Å²) in [4.78, 5) is 26.5. The van der Waals surface area contributed by atoms with Crippen LogP contribution < -0.4 is 10.1 Å². The molecule has 0 radical (unpaired) electrons. The fourth-order valence-corrected chi connectivity index (χ4v) is 3.05. The van der Waals surface area contributed by atoms with Gasteiger partial charge < -0.3 is 20.1 Å². The average molecular weight is 386 g/mol. The van der Waals surface area contributed by atoms with Gasteiger partial charge in [-0.15, -0.1) is 0 Å². The SMILES string of the molecule is CCN(CCOc1ccc(C)c(C)c1)C(=O)c1cc2n(n1)C[C@@H](O)CNC2=O. The maximum absolute atomic E-state index is 12.8. The Balaban J connectivity index is 1.65. The van der Waals surface area contributed by atoms with Gasteiger partial charge in [0, 0.05) is 19.2 Å². The number of ether oxygens (including phenoxy) is 1. The van der Waals surface area contributed by atoms with Gasteiger partial charge in [0.25, 0.3) is 11.8 Å². The predicted molar refractivity (Wildman–Crippen MR) is 104 cm³/mol. The van der Waals surface area contributed by atoms with Crippen molar-refractivity contribution < 1.29 is 19.4 Å². The zero-order chi connectivity index (χ0) is 20.3.